The van der Waals surface area contributed by atoms with Crippen LogP contribution in [0.25, 0.3) is 11.5 Å². The van der Waals surface area contributed by atoms with E-state index in [1.807, 2.05) is 0 Å². The molecule has 1 aliphatic carbocycles. The number of benzene rings is 1. The van der Waals surface area contributed by atoms with Gasteiger partial charge in [-0.3, -0.25) is 0 Å². The van der Waals surface area contributed by atoms with Gasteiger partial charge in [-0.25, -0.2) is 0 Å². The summed E-state index contributed by atoms with van der Waals surface area (Å²) >= 11 is 0. The van der Waals surface area contributed by atoms with E-state index in [4.69, 9.17) is 4.52 Å². The minimum Gasteiger partial charge on any atom is -0.334 e. The molecule has 0 bridgehead atoms. The van der Waals surface area contributed by atoms with Crippen molar-refractivity contribution in [2.75, 3.05) is 13.1 Å². The standard InChI is InChI=1S/C16H19N3O.ClH/c1-2-11(1)9-15-18-16(20-19-15)14-4-3-12-5-7-17-8-6-13(12)10-14;/h3-4,10-11,17H,1-2,5-9H2;1H. The van der Waals surface area contributed by atoms with Crippen LogP contribution in [0.4, 0.5) is 0 Å². The van der Waals surface area contributed by atoms with Gasteiger partial charge in [0.2, 0.25) is 0 Å². The van der Waals surface area contributed by atoms with Crippen molar-refractivity contribution in [3.05, 3.63) is 35.2 Å². The SMILES string of the molecule is Cl.c1cc2c(cc1-c1nc(CC3CC3)no1)CCNCC2. The third-order valence-electron chi connectivity index (χ3n) is 4.23. The minimum absolute atomic E-state index is 0. The number of rotatable bonds is 3. The molecule has 112 valence electrons. The average molecular weight is 306 g/mol. The van der Waals surface area contributed by atoms with Gasteiger partial charge in [0.25, 0.3) is 5.89 Å². The van der Waals surface area contributed by atoms with Crippen LogP contribution in [-0.4, -0.2) is 23.2 Å². The Labute approximate surface area is 130 Å². The Morgan fingerprint density at radius 3 is 2.76 bits per heavy atom. The molecule has 2 heterocycles. The number of nitrogens with one attached hydrogen (secondary N) is 1. The summed E-state index contributed by atoms with van der Waals surface area (Å²) in [7, 11) is 0. The number of nitrogens with zero attached hydrogens (tertiary/aromatic N) is 2. The second-order valence-electron chi connectivity index (χ2n) is 5.90. The lowest BCUT2D eigenvalue weighted by atomic mass is 10.00. The normalized spacial score (nSPS) is 17.7. The molecule has 1 saturated carbocycles. The molecule has 0 saturated heterocycles. The lowest BCUT2D eigenvalue weighted by molar-refractivity contribution is 0.421. The average Bonchev–Trinajstić information content (AvgIpc) is 3.20. The van der Waals surface area contributed by atoms with E-state index in [9.17, 15) is 0 Å². The van der Waals surface area contributed by atoms with Gasteiger partial charge in [-0.2, -0.15) is 4.98 Å². The third-order valence-corrected chi connectivity index (χ3v) is 4.23. The Morgan fingerprint density at radius 1 is 1.14 bits per heavy atom. The zero-order chi connectivity index (χ0) is 13.4. The van der Waals surface area contributed by atoms with Gasteiger partial charge < -0.3 is 9.84 Å². The first-order valence-electron chi connectivity index (χ1n) is 7.54. The van der Waals surface area contributed by atoms with E-state index < -0.39 is 0 Å². The maximum Gasteiger partial charge on any atom is 0.257 e. The van der Waals surface area contributed by atoms with E-state index in [1.54, 1.807) is 0 Å². The maximum absolute atomic E-state index is 5.42. The number of aromatic nitrogens is 2. The Balaban J connectivity index is 0.00000132. The molecule has 0 amide bonds. The number of hydrogen-bond acceptors (Lipinski definition) is 4. The first kappa shape index (κ1) is 14.5. The predicted octanol–water partition coefficient (Wildman–Crippen LogP) is 2.80. The van der Waals surface area contributed by atoms with E-state index in [1.165, 1.54) is 24.0 Å². The summed E-state index contributed by atoms with van der Waals surface area (Å²) in [4.78, 5) is 4.54. The maximum atomic E-state index is 5.42. The zero-order valence-electron chi connectivity index (χ0n) is 12.0. The quantitative estimate of drug-likeness (QED) is 0.947. The molecule has 21 heavy (non-hydrogen) atoms. The fourth-order valence-electron chi connectivity index (χ4n) is 2.84. The third kappa shape index (κ3) is 3.27. The largest absolute Gasteiger partial charge is 0.334 e. The van der Waals surface area contributed by atoms with Crippen LogP contribution in [0.15, 0.2) is 22.7 Å². The highest BCUT2D eigenvalue weighted by atomic mass is 35.5. The molecule has 0 spiro atoms. The molecular weight excluding hydrogens is 286 g/mol. The summed E-state index contributed by atoms with van der Waals surface area (Å²) in [6.45, 7) is 2.12. The van der Waals surface area contributed by atoms with Crippen molar-refractivity contribution in [3.63, 3.8) is 0 Å². The monoisotopic (exact) mass is 305 g/mol. The summed E-state index contributed by atoms with van der Waals surface area (Å²) in [6.07, 6.45) is 5.78. The van der Waals surface area contributed by atoms with Gasteiger partial charge in [0.1, 0.15) is 0 Å². The lowest BCUT2D eigenvalue weighted by Gasteiger charge is -2.05. The first-order valence-corrected chi connectivity index (χ1v) is 7.54. The zero-order valence-corrected chi connectivity index (χ0v) is 12.8. The number of halogens is 1. The van der Waals surface area contributed by atoms with Crippen molar-refractivity contribution in [1.82, 2.24) is 15.5 Å². The molecule has 1 aliphatic heterocycles. The highest BCUT2D eigenvalue weighted by molar-refractivity contribution is 5.85. The fraction of sp³-hybridized carbons (Fsp3) is 0.500. The van der Waals surface area contributed by atoms with Crippen LogP contribution in [0.2, 0.25) is 0 Å². The molecule has 2 aliphatic rings. The summed E-state index contributed by atoms with van der Waals surface area (Å²) < 4.78 is 5.42. The van der Waals surface area contributed by atoms with Crippen LogP contribution in [-0.2, 0) is 19.3 Å². The first-order chi connectivity index (χ1) is 9.88. The van der Waals surface area contributed by atoms with E-state index in [0.717, 1.165) is 49.7 Å². The van der Waals surface area contributed by atoms with E-state index in [2.05, 4.69) is 33.7 Å². The van der Waals surface area contributed by atoms with Crippen LogP contribution in [0.1, 0.15) is 29.8 Å². The van der Waals surface area contributed by atoms with Gasteiger partial charge in [-0.15, -0.1) is 12.4 Å². The highest BCUT2D eigenvalue weighted by Gasteiger charge is 2.24. The van der Waals surface area contributed by atoms with Gasteiger partial charge in [0.15, 0.2) is 5.82 Å². The van der Waals surface area contributed by atoms with Crippen LogP contribution in [0.3, 0.4) is 0 Å². The Morgan fingerprint density at radius 2 is 1.95 bits per heavy atom. The second-order valence-corrected chi connectivity index (χ2v) is 5.90. The lowest BCUT2D eigenvalue weighted by Crippen LogP contribution is -2.16. The van der Waals surface area contributed by atoms with E-state index in [-0.39, 0.29) is 12.4 Å². The number of hydrogen-bond donors (Lipinski definition) is 1. The minimum atomic E-state index is 0. The molecule has 0 atom stereocenters. The predicted molar refractivity (Wildman–Crippen MR) is 83.7 cm³/mol. The van der Waals surface area contributed by atoms with Crippen molar-refractivity contribution in [2.45, 2.75) is 32.1 Å². The van der Waals surface area contributed by atoms with Crippen molar-refractivity contribution < 1.29 is 4.52 Å². The van der Waals surface area contributed by atoms with Gasteiger partial charge >= 0.3 is 0 Å². The topological polar surface area (TPSA) is 51.0 Å². The molecule has 4 rings (SSSR count). The van der Waals surface area contributed by atoms with Crippen molar-refractivity contribution in [1.29, 1.82) is 0 Å². The van der Waals surface area contributed by atoms with Crippen LogP contribution >= 0.6 is 12.4 Å². The molecule has 0 radical (unpaired) electrons. The molecule has 1 N–H and O–H groups in total. The molecule has 1 aromatic carbocycles. The molecular formula is C16H20ClN3O. The molecule has 4 nitrogen and oxygen atoms in total. The number of fused-ring (bicyclic) bond motifs is 1. The van der Waals surface area contributed by atoms with Gasteiger partial charge in [-0.1, -0.05) is 11.2 Å². The van der Waals surface area contributed by atoms with Crippen LogP contribution in [0, 0.1) is 5.92 Å². The van der Waals surface area contributed by atoms with Crippen LogP contribution < -0.4 is 5.32 Å². The van der Waals surface area contributed by atoms with Gasteiger partial charge in [-0.05, 0) is 68.0 Å². The molecule has 0 unspecified atom stereocenters. The highest BCUT2D eigenvalue weighted by Crippen LogP contribution is 2.32. The second kappa shape index (κ2) is 6.16. The van der Waals surface area contributed by atoms with Crippen LogP contribution in [0.5, 0.6) is 0 Å². The molecule has 5 heteroatoms. The Kier molecular flexibility index (Phi) is 4.27. The Hall–Kier alpha value is -1.39. The van der Waals surface area contributed by atoms with Crippen molar-refractivity contribution >= 4 is 12.4 Å². The fourth-order valence-corrected chi connectivity index (χ4v) is 2.84. The van der Waals surface area contributed by atoms with E-state index in [0.29, 0.717) is 5.89 Å². The smallest absolute Gasteiger partial charge is 0.257 e. The summed E-state index contributed by atoms with van der Waals surface area (Å²) in [6, 6.07) is 6.54. The summed E-state index contributed by atoms with van der Waals surface area (Å²) in [5.74, 6) is 2.32. The van der Waals surface area contributed by atoms with Crippen molar-refractivity contribution in [3.8, 4) is 11.5 Å². The van der Waals surface area contributed by atoms with Crippen molar-refractivity contribution in [2.24, 2.45) is 5.92 Å². The summed E-state index contributed by atoms with van der Waals surface area (Å²) in [5, 5.41) is 7.54. The van der Waals surface area contributed by atoms with E-state index >= 15 is 0 Å². The summed E-state index contributed by atoms with van der Waals surface area (Å²) in [5.41, 5.74) is 3.91. The molecule has 1 fully saturated rings. The van der Waals surface area contributed by atoms with Gasteiger partial charge in [0.05, 0.1) is 0 Å². The Bertz CT molecular complexity index is 622. The van der Waals surface area contributed by atoms with Gasteiger partial charge in [0, 0.05) is 12.0 Å². The molecule has 2 aromatic rings. The molecule has 1 aromatic heterocycles.